The number of hydrogen-bond acceptors (Lipinski definition) is 2. The van der Waals surface area contributed by atoms with Crippen molar-refractivity contribution in [1.82, 2.24) is 10.2 Å². The number of carbonyl (C=O) groups is 2. The van der Waals surface area contributed by atoms with Gasteiger partial charge in [0.2, 0.25) is 5.91 Å². The molecule has 2 aromatic rings. The number of benzene rings is 2. The molecule has 1 aliphatic rings. The second kappa shape index (κ2) is 8.68. The zero-order valence-electron chi connectivity index (χ0n) is 16.1. The summed E-state index contributed by atoms with van der Waals surface area (Å²) in [4.78, 5) is 26.7. The van der Waals surface area contributed by atoms with Gasteiger partial charge in [0.25, 0.3) is 5.91 Å². The first-order valence-corrected chi connectivity index (χ1v) is 9.54. The number of nitrogens with one attached hydrogen (secondary N) is 1. The van der Waals surface area contributed by atoms with E-state index in [-0.39, 0.29) is 23.9 Å². The summed E-state index contributed by atoms with van der Waals surface area (Å²) >= 11 is 0. The fourth-order valence-corrected chi connectivity index (χ4v) is 3.43. The molecule has 0 saturated carbocycles. The molecule has 1 N–H and O–H groups in total. The average Bonchev–Trinajstić information content (AvgIpc) is 2.72. The molecule has 1 heterocycles. The zero-order chi connectivity index (χ0) is 21.0. The Morgan fingerprint density at radius 2 is 1.86 bits per heavy atom. The second-order valence-electron chi connectivity index (χ2n) is 7.37. The van der Waals surface area contributed by atoms with Crippen LogP contribution in [0.25, 0.3) is 0 Å². The maximum atomic E-state index is 12.9. The van der Waals surface area contributed by atoms with Crippen molar-refractivity contribution in [3.05, 3.63) is 70.8 Å². The van der Waals surface area contributed by atoms with Gasteiger partial charge in [0.15, 0.2) is 0 Å². The molecular formula is C22H23F3N2O2. The quantitative estimate of drug-likeness (QED) is 0.831. The van der Waals surface area contributed by atoms with Gasteiger partial charge in [-0.05, 0) is 43.5 Å². The molecule has 1 saturated heterocycles. The summed E-state index contributed by atoms with van der Waals surface area (Å²) in [5.74, 6) is -0.997. The Bertz CT molecular complexity index is 878. The monoisotopic (exact) mass is 404 g/mol. The van der Waals surface area contributed by atoms with Gasteiger partial charge in [-0.2, -0.15) is 13.2 Å². The van der Waals surface area contributed by atoms with E-state index in [9.17, 15) is 22.8 Å². The largest absolute Gasteiger partial charge is 0.416 e. The number of likely N-dealkylation sites (tertiary alicyclic amines) is 1. The topological polar surface area (TPSA) is 49.4 Å². The molecule has 1 aliphatic heterocycles. The Labute approximate surface area is 167 Å². The Kier molecular flexibility index (Phi) is 6.25. The molecular weight excluding hydrogens is 381 g/mol. The molecule has 0 bridgehead atoms. The lowest BCUT2D eigenvalue weighted by Gasteiger charge is -2.32. The number of hydrogen-bond donors (Lipinski definition) is 1. The SMILES string of the molecule is Cc1ccc(CNC(=O)C2CCCN(C(=O)c3cccc(C(F)(F)F)c3)C2)cc1. The van der Waals surface area contributed by atoms with Gasteiger partial charge in [-0.15, -0.1) is 0 Å². The predicted octanol–water partition coefficient (Wildman–Crippen LogP) is 4.18. The van der Waals surface area contributed by atoms with E-state index in [1.54, 1.807) is 0 Å². The maximum Gasteiger partial charge on any atom is 0.416 e. The van der Waals surface area contributed by atoms with Crippen molar-refractivity contribution in [2.45, 2.75) is 32.5 Å². The van der Waals surface area contributed by atoms with E-state index in [0.29, 0.717) is 25.9 Å². The van der Waals surface area contributed by atoms with Crippen LogP contribution in [-0.4, -0.2) is 29.8 Å². The smallest absolute Gasteiger partial charge is 0.352 e. The van der Waals surface area contributed by atoms with Gasteiger partial charge in [0.05, 0.1) is 11.5 Å². The Hall–Kier alpha value is -2.83. The van der Waals surface area contributed by atoms with Crippen molar-refractivity contribution in [2.75, 3.05) is 13.1 Å². The summed E-state index contributed by atoms with van der Waals surface area (Å²) in [6.45, 7) is 3.02. The normalized spacial score (nSPS) is 17.1. The van der Waals surface area contributed by atoms with Crippen LogP contribution in [0.4, 0.5) is 13.2 Å². The molecule has 0 spiro atoms. The van der Waals surface area contributed by atoms with Gasteiger partial charge in [-0.25, -0.2) is 0 Å². The van der Waals surface area contributed by atoms with Crippen molar-refractivity contribution >= 4 is 11.8 Å². The summed E-state index contributed by atoms with van der Waals surface area (Å²) in [7, 11) is 0. The summed E-state index contributed by atoms with van der Waals surface area (Å²) in [6.07, 6.45) is -3.23. The van der Waals surface area contributed by atoms with Crippen LogP contribution >= 0.6 is 0 Å². The molecule has 0 aliphatic carbocycles. The van der Waals surface area contributed by atoms with Crippen LogP contribution in [0.15, 0.2) is 48.5 Å². The summed E-state index contributed by atoms with van der Waals surface area (Å²) < 4.78 is 38.7. The Morgan fingerprint density at radius 3 is 2.55 bits per heavy atom. The van der Waals surface area contributed by atoms with Gasteiger partial charge >= 0.3 is 6.18 Å². The number of aryl methyl sites for hydroxylation is 1. The highest BCUT2D eigenvalue weighted by atomic mass is 19.4. The molecule has 0 radical (unpaired) electrons. The van der Waals surface area contributed by atoms with Gasteiger partial charge in [0.1, 0.15) is 0 Å². The van der Waals surface area contributed by atoms with Gasteiger partial charge in [-0.1, -0.05) is 35.9 Å². The first-order valence-electron chi connectivity index (χ1n) is 9.54. The summed E-state index contributed by atoms with van der Waals surface area (Å²) in [6, 6.07) is 12.2. The number of halogens is 3. The third-order valence-corrected chi connectivity index (χ3v) is 5.10. The number of nitrogens with zero attached hydrogens (tertiary/aromatic N) is 1. The van der Waals surface area contributed by atoms with Crippen molar-refractivity contribution < 1.29 is 22.8 Å². The summed E-state index contributed by atoms with van der Waals surface area (Å²) in [5, 5.41) is 2.89. The molecule has 154 valence electrons. The van der Waals surface area contributed by atoms with Crippen LogP contribution in [0.1, 0.15) is 39.9 Å². The Morgan fingerprint density at radius 1 is 1.14 bits per heavy atom. The molecule has 1 fully saturated rings. The number of rotatable bonds is 4. The van der Waals surface area contributed by atoms with E-state index in [2.05, 4.69) is 5.32 Å². The van der Waals surface area contributed by atoms with Crippen molar-refractivity contribution in [1.29, 1.82) is 0 Å². The van der Waals surface area contributed by atoms with E-state index in [0.717, 1.165) is 23.3 Å². The van der Waals surface area contributed by atoms with Gasteiger partial charge in [-0.3, -0.25) is 9.59 Å². The van der Waals surface area contributed by atoms with Crippen LogP contribution in [0.2, 0.25) is 0 Å². The van der Waals surface area contributed by atoms with E-state index >= 15 is 0 Å². The standard InChI is InChI=1S/C22H23F3N2O2/c1-15-7-9-16(10-8-15)13-26-20(28)18-5-3-11-27(14-18)21(29)17-4-2-6-19(12-17)22(23,24)25/h2,4,6-10,12,18H,3,5,11,13-14H2,1H3,(H,26,28). The number of alkyl halides is 3. The third kappa shape index (κ3) is 5.37. The Balaban J connectivity index is 1.61. The minimum atomic E-state index is -4.50. The molecule has 3 rings (SSSR count). The van der Waals surface area contributed by atoms with E-state index in [1.807, 2.05) is 31.2 Å². The van der Waals surface area contributed by atoms with Crippen molar-refractivity contribution in [3.8, 4) is 0 Å². The number of amides is 2. The average molecular weight is 404 g/mol. The first-order chi connectivity index (χ1) is 13.7. The molecule has 2 aromatic carbocycles. The maximum absolute atomic E-state index is 12.9. The van der Waals surface area contributed by atoms with Gasteiger partial charge < -0.3 is 10.2 Å². The molecule has 2 amide bonds. The van der Waals surface area contributed by atoms with E-state index < -0.39 is 17.6 Å². The van der Waals surface area contributed by atoms with E-state index in [1.165, 1.54) is 17.0 Å². The van der Waals surface area contributed by atoms with Gasteiger partial charge in [0, 0.05) is 25.2 Å². The minimum Gasteiger partial charge on any atom is -0.352 e. The van der Waals surface area contributed by atoms with Crippen LogP contribution in [0, 0.1) is 12.8 Å². The molecule has 1 unspecified atom stereocenters. The van der Waals surface area contributed by atoms with E-state index in [4.69, 9.17) is 0 Å². The van der Waals surface area contributed by atoms with Crippen LogP contribution in [0.3, 0.4) is 0 Å². The summed E-state index contributed by atoms with van der Waals surface area (Å²) in [5.41, 5.74) is 1.25. The number of piperidine rings is 1. The molecule has 0 aromatic heterocycles. The molecule has 29 heavy (non-hydrogen) atoms. The first kappa shape index (κ1) is 20.9. The lowest BCUT2D eigenvalue weighted by Crippen LogP contribution is -2.45. The minimum absolute atomic E-state index is 0.0134. The molecule has 1 atom stereocenters. The third-order valence-electron chi connectivity index (χ3n) is 5.10. The highest BCUT2D eigenvalue weighted by molar-refractivity contribution is 5.95. The van der Waals surface area contributed by atoms with Crippen LogP contribution in [0.5, 0.6) is 0 Å². The predicted molar refractivity (Wildman–Crippen MR) is 103 cm³/mol. The van der Waals surface area contributed by atoms with Crippen molar-refractivity contribution in [3.63, 3.8) is 0 Å². The second-order valence-corrected chi connectivity index (χ2v) is 7.37. The lowest BCUT2D eigenvalue weighted by molar-refractivity contribution is -0.137. The zero-order valence-corrected chi connectivity index (χ0v) is 16.1. The fraction of sp³-hybridized carbons (Fsp3) is 0.364. The van der Waals surface area contributed by atoms with Crippen molar-refractivity contribution in [2.24, 2.45) is 5.92 Å². The molecule has 7 heteroatoms. The molecule has 4 nitrogen and oxygen atoms in total. The van der Waals surface area contributed by atoms with Crippen LogP contribution in [-0.2, 0) is 17.5 Å². The lowest BCUT2D eigenvalue weighted by atomic mass is 9.96. The highest BCUT2D eigenvalue weighted by Gasteiger charge is 2.33. The fourth-order valence-electron chi connectivity index (χ4n) is 3.43. The highest BCUT2D eigenvalue weighted by Crippen LogP contribution is 2.30. The van der Waals surface area contributed by atoms with Crippen LogP contribution < -0.4 is 5.32 Å². The number of carbonyl (C=O) groups excluding carboxylic acids is 2.